The number of hydrogen-bond acceptors (Lipinski definition) is 6. The second-order valence-electron chi connectivity index (χ2n) is 6.94. The van der Waals surface area contributed by atoms with Gasteiger partial charge in [-0.3, -0.25) is 14.4 Å². The van der Waals surface area contributed by atoms with Crippen LogP contribution in [-0.4, -0.2) is 39.9 Å². The van der Waals surface area contributed by atoms with Gasteiger partial charge in [-0.25, -0.2) is 4.98 Å². The van der Waals surface area contributed by atoms with Gasteiger partial charge in [-0.15, -0.1) is 6.58 Å². The number of H-pyrrole nitrogens is 1. The Balaban J connectivity index is 1.57. The molecule has 0 aliphatic heterocycles. The maximum Gasteiger partial charge on any atom is 0.297 e. The van der Waals surface area contributed by atoms with Crippen molar-refractivity contribution in [3.05, 3.63) is 79.0 Å². The quantitative estimate of drug-likeness (QED) is 0.143. The molecule has 0 bridgehead atoms. The molecule has 2 amide bonds. The molecule has 0 aliphatic rings. The fraction of sp³-hybridized carbons (Fsp3) is 0.0833. The summed E-state index contributed by atoms with van der Waals surface area (Å²) in [6.07, 6.45) is 3.15. The summed E-state index contributed by atoms with van der Waals surface area (Å²) in [5, 5.41) is 6.58. The highest BCUT2D eigenvalue weighted by Gasteiger charge is 2.23. The second-order valence-corrected chi connectivity index (χ2v) is 9.16. The lowest BCUT2D eigenvalue weighted by Gasteiger charge is -2.04. The molecule has 2 aromatic heterocycles. The molecule has 33 heavy (non-hydrogen) atoms. The van der Waals surface area contributed by atoms with Crippen molar-refractivity contribution < 1.29 is 14.4 Å². The van der Waals surface area contributed by atoms with E-state index in [-0.39, 0.29) is 11.7 Å². The third-order valence-corrected chi connectivity index (χ3v) is 6.81. The van der Waals surface area contributed by atoms with E-state index in [1.165, 1.54) is 23.1 Å². The van der Waals surface area contributed by atoms with Crippen LogP contribution in [0.5, 0.6) is 0 Å². The van der Waals surface area contributed by atoms with E-state index in [1.807, 2.05) is 48.5 Å². The molecule has 0 saturated heterocycles. The highest BCUT2D eigenvalue weighted by Crippen LogP contribution is 2.37. The lowest BCUT2D eigenvalue weighted by Crippen LogP contribution is -2.24. The highest BCUT2D eigenvalue weighted by atomic mass is 32.2. The maximum absolute atomic E-state index is 12.9. The fourth-order valence-electron chi connectivity index (χ4n) is 3.14. The monoisotopic (exact) mass is 476 g/mol. The summed E-state index contributed by atoms with van der Waals surface area (Å²) < 4.78 is 0.609. The molecule has 0 spiro atoms. The van der Waals surface area contributed by atoms with Gasteiger partial charge >= 0.3 is 0 Å². The van der Waals surface area contributed by atoms with Gasteiger partial charge in [0.15, 0.2) is 4.34 Å². The van der Waals surface area contributed by atoms with Gasteiger partial charge in [-0.2, -0.15) is 0 Å². The van der Waals surface area contributed by atoms with Gasteiger partial charge in [0.2, 0.25) is 5.91 Å². The number of thioether (sulfide) groups is 1. The van der Waals surface area contributed by atoms with Gasteiger partial charge in [0.1, 0.15) is 10.7 Å². The van der Waals surface area contributed by atoms with Crippen LogP contribution in [0.15, 0.2) is 77.8 Å². The van der Waals surface area contributed by atoms with Gasteiger partial charge in [0, 0.05) is 29.2 Å². The Hall–Kier alpha value is -3.69. The zero-order valence-electron chi connectivity index (χ0n) is 17.5. The van der Waals surface area contributed by atoms with Gasteiger partial charge in [-0.1, -0.05) is 77.7 Å². The second kappa shape index (κ2) is 10.3. The highest BCUT2D eigenvalue weighted by molar-refractivity contribution is 8.01. The predicted octanol–water partition coefficient (Wildman–Crippen LogP) is 4.51. The van der Waals surface area contributed by atoms with E-state index < -0.39 is 11.7 Å². The lowest BCUT2D eigenvalue weighted by atomic mass is 10.1. The number of Topliss-reactive ketones (excluding diaryl/α,β-unsaturated/α-hetero) is 1. The number of para-hydroxylation sites is 1. The van der Waals surface area contributed by atoms with Crippen LogP contribution < -0.4 is 10.6 Å². The number of aromatic nitrogens is 2. The van der Waals surface area contributed by atoms with E-state index in [2.05, 4.69) is 27.2 Å². The summed E-state index contributed by atoms with van der Waals surface area (Å²) in [5.41, 5.74) is 2.44. The molecule has 0 unspecified atom stereocenters. The number of hydrogen-bond donors (Lipinski definition) is 3. The van der Waals surface area contributed by atoms with Crippen molar-refractivity contribution in [2.75, 3.05) is 17.6 Å². The van der Waals surface area contributed by atoms with Crippen LogP contribution in [0.4, 0.5) is 5.00 Å². The molecule has 0 fully saturated rings. The molecule has 4 aromatic rings. The number of nitrogens with one attached hydrogen (secondary N) is 3. The minimum atomic E-state index is -0.749. The van der Waals surface area contributed by atoms with Crippen LogP contribution in [0, 0.1) is 0 Å². The minimum absolute atomic E-state index is 0.142. The number of benzene rings is 2. The Morgan fingerprint density at radius 2 is 1.85 bits per heavy atom. The molecule has 3 N–H and O–H groups in total. The first-order valence-corrected chi connectivity index (χ1v) is 11.9. The van der Waals surface area contributed by atoms with Crippen molar-refractivity contribution in [3.63, 3.8) is 0 Å². The summed E-state index contributed by atoms with van der Waals surface area (Å²) in [5.74, 6) is -1.35. The maximum atomic E-state index is 12.9. The first-order valence-electron chi connectivity index (χ1n) is 10.0. The summed E-state index contributed by atoms with van der Waals surface area (Å²) >= 11 is 2.49. The number of amides is 2. The molecular formula is C24H20N4O3S2. The Morgan fingerprint density at radius 3 is 2.64 bits per heavy atom. The largest absolute Gasteiger partial charge is 0.360 e. The van der Waals surface area contributed by atoms with Crippen molar-refractivity contribution in [3.8, 4) is 11.3 Å². The number of nitrogens with zero attached hydrogens (tertiary/aromatic N) is 1. The van der Waals surface area contributed by atoms with Crippen LogP contribution in [0.25, 0.3) is 22.2 Å². The average Bonchev–Trinajstić information content (AvgIpc) is 3.45. The Labute approximate surface area is 198 Å². The standard InChI is InChI=1S/C24H20N4O3S2/c1-2-12-25-19(29)14-32-24-27-20(15-8-4-3-5-9-15)23(33-24)28-22(31)21(30)17-13-26-18-11-7-6-10-16(17)18/h2-11,13,26H,1,12,14H2,(H,25,29)(H,28,31). The van der Waals surface area contributed by atoms with Gasteiger partial charge in [0.05, 0.1) is 11.3 Å². The lowest BCUT2D eigenvalue weighted by molar-refractivity contribution is -0.118. The smallest absolute Gasteiger partial charge is 0.297 e. The number of fused-ring (bicyclic) bond motifs is 1. The van der Waals surface area contributed by atoms with Gasteiger partial charge in [0.25, 0.3) is 11.7 Å². The van der Waals surface area contributed by atoms with Crippen molar-refractivity contribution in [1.82, 2.24) is 15.3 Å². The van der Waals surface area contributed by atoms with E-state index in [9.17, 15) is 14.4 Å². The number of ketones is 1. The van der Waals surface area contributed by atoms with Gasteiger partial charge < -0.3 is 15.6 Å². The van der Waals surface area contributed by atoms with Gasteiger partial charge in [-0.05, 0) is 6.07 Å². The third kappa shape index (κ3) is 5.21. The van der Waals surface area contributed by atoms with E-state index in [4.69, 9.17) is 0 Å². The molecule has 9 heteroatoms. The Morgan fingerprint density at radius 1 is 1.09 bits per heavy atom. The average molecular weight is 477 g/mol. The zero-order chi connectivity index (χ0) is 23.2. The van der Waals surface area contributed by atoms with E-state index in [1.54, 1.807) is 18.3 Å². The predicted molar refractivity (Wildman–Crippen MR) is 133 cm³/mol. The van der Waals surface area contributed by atoms with Crippen LogP contribution in [0.2, 0.25) is 0 Å². The number of aromatic amines is 1. The first-order chi connectivity index (χ1) is 16.1. The SMILES string of the molecule is C=CCNC(=O)CSc1nc(-c2ccccc2)c(NC(=O)C(=O)c2c[nH]c3ccccc23)s1. The van der Waals surface area contributed by atoms with Crippen LogP contribution in [0.1, 0.15) is 10.4 Å². The molecule has 4 rings (SSSR count). The van der Waals surface area contributed by atoms with Crippen molar-refractivity contribution >= 4 is 56.6 Å². The molecule has 2 heterocycles. The minimum Gasteiger partial charge on any atom is -0.360 e. The van der Waals surface area contributed by atoms with Crippen molar-refractivity contribution in [2.45, 2.75) is 4.34 Å². The van der Waals surface area contributed by atoms with E-state index in [0.29, 0.717) is 32.5 Å². The number of carbonyl (C=O) groups excluding carboxylic acids is 3. The number of thiazole rings is 1. The Bertz CT molecular complexity index is 1330. The molecule has 0 aliphatic carbocycles. The van der Waals surface area contributed by atoms with Crippen molar-refractivity contribution in [2.24, 2.45) is 0 Å². The topological polar surface area (TPSA) is 104 Å². The summed E-state index contributed by atoms with van der Waals surface area (Å²) in [6.45, 7) is 3.97. The summed E-state index contributed by atoms with van der Waals surface area (Å²) in [6, 6.07) is 16.7. The first kappa shape index (κ1) is 22.5. The van der Waals surface area contributed by atoms with Crippen LogP contribution in [-0.2, 0) is 9.59 Å². The molecule has 0 saturated carbocycles. The van der Waals surface area contributed by atoms with E-state index in [0.717, 1.165) is 11.1 Å². The number of carbonyl (C=O) groups is 3. The third-order valence-electron chi connectivity index (χ3n) is 4.69. The molecule has 7 nitrogen and oxygen atoms in total. The van der Waals surface area contributed by atoms with Crippen LogP contribution in [0.3, 0.4) is 0 Å². The van der Waals surface area contributed by atoms with Crippen LogP contribution >= 0.6 is 23.1 Å². The zero-order valence-corrected chi connectivity index (χ0v) is 19.1. The molecule has 166 valence electrons. The van der Waals surface area contributed by atoms with Crippen molar-refractivity contribution in [1.29, 1.82) is 0 Å². The molecular weight excluding hydrogens is 456 g/mol. The molecule has 2 aromatic carbocycles. The number of anilines is 1. The molecule has 0 atom stereocenters. The molecule has 0 radical (unpaired) electrons. The van der Waals surface area contributed by atoms with E-state index >= 15 is 0 Å². The normalized spacial score (nSPS) is 10.7. The summed E-state index contributed by atoms with van der Waals surface area (Å²) in [4.78, 5) is 45.3. The number of rotatable bonds is 9. The summed E-state index contributed by atoms with van der Waals surface area (Å²) in [7, 11) is 0. The Kier molecular flexibility index (Phi) is 7.01. The fourth-order valence-corrected chi connectivity index (χ4v) is 5.03.